The van der Waals surface area contributed by atoms with Gasteiger partial charge in [-0.1, -0.05) is 13.5 Å². The zero-order valence-corrected chi connectivity index (χ0v) is 7.75. The fourth-order valence-corrected chi connectivity index (χ4v) is 2.22. The zero-order chi connectivity index (χ0) is 10.3. The fourth-order valence-electron chi connectivity index (χ4n) is 1.35. The third-order valence-electron chi connectivity index (χ3n) is 1.93. The molecule has 0 atom stereocenters. The largest absolute Gasteiger partial charge is 0.417 e. The molecule has 0 aliphatic heterocycles. The van der Waals surface area contributed by atoms with E-state index in [1.54, 1.807) is 6.07 Å². The molecule has 2 aromatic rings. The first-order chi connectivity index (χ1) is 6.50. The number of rotatable bonds is 0. The first-order valence-electron chi connectivity index (χ1n) is 3.83. The molecule has 0 unspecified atom stereocenters. The van der Waals surface area contributed by atoms with Gasteiger partial charge < -0.3 is 5.73 Å². The van der Waals surface area contributed by atoms with Crippen molar-refractivity contribution in [2.24, 2.45) is 0 Å². The fraction of sp³-hybridized carbons (Fsp3) is 0.200. The lowest BCUT2D eigenvalue weighted by Gasteiger charge is -2.08. The first kappa shape index (κ1) is 11.8. The van der Waals surface area contributed by atoms with Crippen LogP contribution in [0, 0.1) is 0 Å². The van der Waals surface area contributed by atoms with Gasteiger partial charge in [-0.3, -0.25) is 0 Å². The Labute approximate surface area is 89.3 Å². The van der Waals surface area contributed by atoms with Crippen LogP contribution in [0.1, 0.15) is 13.0 Å². The average molecular weight is 233 g/mol. The Morgan fingerprint density at radius 2 is 1.87 bits per heavy atom. The van der Waals surface area contributed by atoms with E-state index >= 15 is 0 Å². The molecule has 2 rings (SSSR count). The molecule has 1 heterocycles. The van der Waals surface area contributed by atoms with Crippen LogP contribution in [0.2, 0.25) is 0 Å². The van der Waals surface area contributed by atoms with E-state index in [1.807, 2.05) is 0 Å². The highest BCUT2D eigenvalue weighted by atomic mass is 32.1. The molecule has 1 aromatic carbocycles. The highest BCUT2D eigenvalue weighted by Gasteiger charge is 2.33. The van der Waals surface area contributed by atoms with Crippen LogP contribution >= 0.6 is 11.3 Å². The Bertz CT molecular complexity index is 473. The van der Waals surface area contributed by atoms with Crippen LogP contribution in [0.15, 0.2) is 23.6 Å². The van der Waals surface area contributed by atoms with Crippen molar-refractivity contribution >= 4 is 27.1 Å². The lowest BCUT2D eigenvalue weighted by atomic mass is 10.1. The standard InChI is InChI=1S/C9H6F3NS.CH4/c10-9(11,12)5-2-1-3-7-8(5)6(13)4-14-7;/h1-4H,13H2;1H4. The van der Waals surface area contributed by atoms with Gasteiger partial charge in [-0.25, -0.2) is 0 Å². The molecule has 0 bridgehead atoms. The van der Waals surface area contributed by atoms with Gasteiger partial charge in [-0.2, -0.15) is 13.2 Å². The summed E-state index contributed by atoms with van der Waals surface area (Å²) in [5.41, 5.74) is 5.02. The molecule has 0 aliphatic rings. The van der Waals surface area contributed by atoms with E-state index in [0.717, 1.165) is 6.07 Å². The molecule has 15 heavy (non-hydrogen) atoms. The minimum atomic E-state index is -4.34. The van der Waals surface area contributed by atoms with Gasteiger partial charge in [-0.05, 0) is 12.1 Å². The molecule has 0 aliphatic carbocycles. The quantitative estimate of drug-likeness (QED) is 0.727. The molecular formula is C10H10F3NS. The maximum Gasteiger partial charge on any atom is 0.417 e. The second-order valence-electron chi connectivity index (χ2n) is 2.87. The van der Waals surface area contributed by atoms with Crippen molar-refractivity contribution in [2.45, 2.75) is 13.6 Å². The molecule has 0 spiro atoms. The SMILES string of the molecule is C.Nc1csc2cccc(C(F)(F)F)c12. The number of fused-ring (bicyclic) bond motifs is 1. The number of nitrogen functional groups attached to an aromatic ring is 1. The molecule has 5 heteroatoms. The number of alkyl halides is 3. The van der Waals surface area contributed by atoms with Crippen LogP contribution in [0.5, 0.6) is 0 Å². The normalized spacial score (nSPS) is 11.4. The van der Waals surface area contributed by atoms with Crippen LogP contribution in [0.4, 0.5) is 18.9 Å². The predicted octanol–water partition coefficient (Wildman–Crippen LogP) is 4.14. The third-order valence-corrected chi connectivity index (χ3v) is 2.90. The second kappa shape index (κ2) is 3.73. The Morgan fingerprint density at radius 3 is 2.47 bits per heavy atom. The van der Waals surface area contributed by atoms with E-state index in [0.29, 0.717) is 4.70 Å². The van der Waals surface area contributed by atoms with Crippen molar-refractivity contribution in [1.29, 1.82) is 0 Å². The molecule has 82 valence electrons. The first-order valence-corrected chi connectivity index (χ1v) is 4.71. The summed E-state index contributed by atoms with van der Waals surface area (Å²) in [5.74, 6) is 0. The second-order valence-corrected chi connectivity index (χ2v) is 3.78. The summed E-state index contributed by atoms with van der Waals surface area (Å²) in [5, 5.41) is 1.64. The topological polar surface area (TPSA) is 26.0 Å². The van der Waals surface area contributed by atoms with Gasteiger partial charge in [0.2, 0.25) is 0 Å². The van der Waals surface area contributed by atoms with Gasteiger partial charge >= 0.3 is 6.18 Å². The summed E-state index contributed by atoms with van der Waals surface area (Å²) in [6.07, 6.45) is -4.34. The van der Waals surface area contributed by atoms with Crippen molar-refractivity contribution in [3.05, 3.63) is 29.1 Å². The number of thiophene rings is 1. The number of anilines is 1. The summed E-state index contributed by atoms with van der Waals surface area (Å²) < 4.78 is 38.1. The Morgan fingerprint density at radius 1 is 1.20 bits per heavy atom. The van der Waals surface area contributed by atoms with Gasteiger partial charge in [0.25, 0.3) is 0 Å². The minimum Gasteiger partial charge on any atom is -0.398 e. The Hall–Kier alpha value is -1.23. The van der Waals surface area contributed by atoms with Crippen molar-refractivity contribution in [1.82, 2.24) is 0 Å². The average Bonchev–Trinajstić information content (AvgIpc) is 2.46. The van der Waals surface area contributed by atoms with Crippen LogP contribution < -0.4 is 5.73 Å². The Balaban J connectivity index is 0.00000112. The smallest absolute Gasteiger partial charge is 0.398 e. The summed E-state index contributed by atoms with van der Waals surface area (Å²) in [6, 6.07) is 4.07. The molecule has 0 radical (unpaired) electrons. The molecule has 1 aromatic heterocycles. The van der Waals surface area contributed by atoms with E-state index in [2.05, 4.69) is 0 Å². The summed E-state index contributed by atoms with van der Waals surface area (Å²) in [4.78, 5) is 0. The third kappa shape index (κ3) is 1.92. The molecule has 2 N–H and O–H groups in total. The van der Waals surface area contributed by atoms with E-state index in [1.165, 1.54) is 22.8 Å². The minimum absolute atomic E-state index is 0. The van der Waals surface area contributed by atoms with Gasteiger partial charge in [0.15, 0.2) is 0 Å². The lowest BCUT2D eigenvalue weighted by Crippen LogP contribution is -2.05. The molecular weight excluding hydrogens is 223 g/mol. The number of nitrogens with two attached hydrogens (primary N) is 1. The van der Waals surface area contributed by atoms with Gasteiger partial charge in [-0.15, -0.1) is 11.3 Å². The summed E-state index contributed by atoms with van der Waals surface area (Å²) >= 11 is 1.22. The molecule has 0 saturated heterocycles. The highest BCUT2D eigenvalue weighted by molar-refractivity contribution is 7.17. The molecule has 0 amide bonds. The monoisotopic (exact) mass is 233 g/mol. The van der Waals surface area contributed by atoms with Crippen molar-refractivity contribution < 1.29 is 13.2 Å². The van der Waals surface area contributed by atoms with Crippen molar-refractivity contribution in [3.8, 4) is 0 Å². The van der Waals surface area contributed by atoms with Crippen molar-refractivity contribution in [3.63, 3.8) is 0 Å². The van der Waals surface area contributed by atoms with E-state index in [4.69, 9.17) is 5.73 Å². The number of hydrogen-bond donors (Lipinski definition) is 1. The number of benzene rings is 1. The van der Waals surface area contributed by atoms with E-state index < -0.39 is 11.7 Å². The van der Waals surface area contributed by atoms with Crippen LogP contribution in [0.25, 0.3) is 10.1 Å². The number of halogens is 3. The van der Waals surface area contributed by atoms with Crippen LogP contribution in [-0.2, 0) is 6.18 Å². The van der Waals surface area contributed by atoms with Gasteiger partial charge in [0.05, 0.1) is 11.3 Å². The molecule has 0 fully saturated rings. The van der Waals surface area contributed by atoms with Crippen LogP contribution in [0.3, 0.4) is 0 Å². The Kier molecular flexibility index (Phi) is 2.95. The summed E-state index contributed by atoms with van der Waals surface area (Å²) in [6.45, 7) is 0. The van der Waals surface area contributed by atoms with Gasteiger partial charge in [0, 0.05) is 15.5 Å². The maximum atomic E-state index is 12.5. The van der Waals surface area contributed by atoms with E-state index in [-0.39, 0.29) is 18.5 Å². The van der Waals surface area contributed by atoms with Crippen LogP contribution in [-0.4, -0.2) is 0 Å². The lowest BCUT2D eigenvalue weighted by molar-refractivity contribution is -0.136. The predicted molar refractivity (Wildman–Crippen MR) is 58.0 cm³/mol. The molecule has 0 saturated carbocycles. The van der Waals surface area contributed by atoms with Gasteiger partial charge in [0.1, 0.15) is 0 Å². The van der Waals surface area contributed by atoms with E-state index in [9.17, 15) is 13.2 Å². The van der Waals surface area contributed by atoms with Crippen molar-refractivity contribution in [2.75, 3.05) is 5.73 Å². The molecule has 1 nitrogen and oxygen atoms in total. The summed E-state index contributed by atoms with van der Waals surface area (Å²) in [7, 11) is 0. The zero-order valence-electron chi connectivity index (χ0n) is 6.93. The highest BCUT2D eigenvalue weighted by Crippen LogP contribution is 2.39. The number of hydrogen-bond acceptors (Lipinski definition) is 2. The maximum absolute atomic E-state index is 12.5.